The quantitative estimate of drug-likeness (QED) is 0.582. The second-order valence-electron chi connectivity index (χ2n) is 4.85. The van der Waals surface area contributed by atoms with Gasteiger partial charge in [-0.15, -0.1) is 11.8 Å². The molecule has 0 fully saturated rings. The second-order valence-corrected chi connectivity index (χ2v) is 7.11. The Bertz CT molecular complexity index is 725. The number of rotatable bonds is 6. The lowest BCUT2D eigenvalue weighted by Gasteiger charge is -2.12. The van der Waals surface area contributed by atoms with Crippen LogP contribution in [0.15, 0.2) is 53.4 Å². The molecule has 24 heavy (non-hydrogen) atoms. The van der Waals surface area contributed by atoms with Crippen molar-refractivity contribution in [1.29, 1.82) is 0 Å². The zero-order chi connectivity index (χ0) is 17.5. The topological polar surface area (TPSA) is 55.4 Å². The molecule has 0 aromatic heterocycles. The molecule has 2 rings (SSSR count). The molecule has 2 aromatic carbocycles. The Morgan fingerprint density at radius 2 is 1.88 bits per heavy atom. The molecule has 126 valence electrons. The summed E-state index contributed by atoms with van der Waals surface area (Å²) in [7, 11) is 0. The minimum Gasteiger partial charge on any atom is -0.455 e. The average Bonchev–Trinajstić information content (AvgIpc) is 2.57. The number of thioether (sulfide) groups is 1. The summed E-state index contributed by atoms with van der Waals surface area (Å²) in [6, 6.07) is 14.2. The molecule has 1 N–H and O–H groups in total. The Morgan fingerprint density at radius 3 is 2.58 bits per heavy atom. The van der Waals surface area contributed by atoms with Crippen molar-refractivity contribution >= 4 is 52.5 Å². The van der Waals surface area contributed by atoms with Gasteiger partial charge in [-0.05, 0) is 37.3 Å². The van der Waals surface area contributed by atoms with Crippen LogP contribution < -0.4 is 5.32 Å². The highest BCUT2D eigenvalue weighted by Crippen LogP contribution is 2.25. The molecule has 0 aliphatic rings. The SMILES string of the molecule is C[C@H](Sc1ccccc1)C(=O)OCC(=O)Nc1cc(Cl)ccc1Cl. The van der Waals surface area contributed by atoms with E-state index in [2.05, 4.69) is 5.32 Å². The molecule has 0 saturated carbocycles. The molecule has 0 bridgehead atoms. The molecule has 7 heteroatoms. The van der Waals surface area contributed by atoms with Crippen molar-refractivity contribution in [3.8, 4) is 0 Å². The van der Waals surface area contributed by atoms with Gasteiger partial charge in [0, 0.05) is 9.92 Å². The summed E-state index contributed by atoms with van der Waals surface area (Å²) < 4.78 is 5.03. The van der Waals surface area contributed by atoms with Crippen LogP contribution in [0.2, 0.25) is 10.0 Å². The molecule has 0 heterocycles. The summed E-state index contributed by atoms with van der Waals surface area (Å²) in [5.41, 5.74) is 0.372. The first-order valence-corrected chi connectivity index (χ1v) is 8.72. The van der Waals surface area contributed by atoms with Crippen LogP contribution in [0.5, 0.6) is 0 Å². The summed E-state index contributed by atoms with van der Waals surface area (Å²) >= 11 is 13.2. The van der Waals surface area contributed by atoms with Crippen molar-refractivity contribution in [2.75, 3.05) is 11.9 Å². The zero-order valence-corrected chi connectivity index (χ0v) is 15.1. The van der Waals surface area contributed by atoms with Crippen molar-refractivity contribution in [3.63, 3.8) is 0 Å². The molecular formula is C17H15Cl2NO3S. The van der Waals surface area contributed by atoms with E-state index < -0.39 is 17.1 Å². The van der Waals surface area contributed by atoms with Gasteiger partial charge >= 0.3 is 5.97 Å². The first-order valence-electron chi connectivity index (χ1n) is 7.09. The van der Waals surface area contributed by atoms with Gasteiger partial charge in [0.05, 0.1) is 10.7 Å². The van der Waals surface area contributed by atoms with Gasteiger partial charge in [0.15, 0.2) is 6.61 Å². The molecule has 0 aliphatic heterocycles. The summed E-state index contributed by atoms with van der Waals surface area (Å²) in [6.45, 7) is 1.34. The molecule has 0 aliphatic carbocycles. The lowest BCUT2D eigenvalue weighted by atomic mass is 10.3. The molecule has 0 unspecified atom stereocenters. The standard InChI is InChI=1S/C17H15Cl2NO3S/c1-11(24-13-5-3-2-4-6-13)17(22)23-10-16(21)20-15-9-12(18)7-8-14(15)19/h2-9,11H,10H2,1H3,(H,20,21)/t11-/m0/s1. The second kappa shape index (κ2) is 8.97. The Labute approximate surface area is 154 Å². The van der Waals surface area contributed by atoms with Crippen LogP contribution >= 0.6 is 35.0 Å². The van der Waals surface area contributed by atoms with Gasteiger partial charge in [-0.3, -0.25) is 9.59 Å². The highest BCUT2D eigenvalue weighted by Gasteiger charge is 2.17. The minimum absolute atomic E-state index is 0.354. The van der Waals surface area contributed by atoms with Gasteiger partial charge in [-0.1, -0.05) is 41.4 Å². The van der Waals surface area contributed by atoms with E-state index in [0.717, 1.165) is 4.90 Å². The molecule has 1 amide bonds. The fourth-order valence-corrected chi connectivity index (χ4v) is 3.01. The van der Waals surface area contributed by atoms with E-state index in [1.807, 2.05) is 30.3 Å². The molecule has 2 aromatic rings. The normalized spacial score (nSPS) is 11.6. The fraction of sp³-hybridized carbons (Fsp3) is 0.176. The molecule has 0 radical (unpaired) electrons. The summed E-state index contributed by atoms with van der Waals surface area (Å²) in [4.78, 5) is 24.8. The average molecular weight is 384 g/mol. The lowest BCUT2D eigenvalue weighted by molar-refractivity contribution is -0.146. The number of halogens is 2. The third kappa shape index (κ3) is 5.74. The van der Waals surface area contributed by atoms with Crippen LogP contribution in [0.1, 0.15) is 6.92 Å². The van der Waals surface area contributed by atoms with Crippen LogP contribution in [0.25, 0.3) is 0 Å². The molecule has 0 saturated heterocycles. The number of benzene rings is 2. The third-order valence-corrected chi connectivity index (χ3v) is 4.59. The van der Waals surface area contributed by atoms with Crippen molar-refractivity contribution in [2.24, 2.45) is 0 Å². The first kappa shape index (κ1) is 18.6. The molecule has 1 atom stereocenters. The van der Waals surface area contributed by atoms with Gasteiger partial charge in [0.2, 0.25) is 0 Å². The maximum Gasteiger partial charge on any atom is 0.319 e. The molecular weight excluding hydrogens is 369 g/mol. The molecule has 0 spiro atoms. The van der Waals surface area contributed by atoms with Crippen LogP contribution in [-0.2, 0) is 14.3 Å². The van der Waals surface area contributed by atoms with Crippen molar-refractivity contribution < 1.29 is 14.3 Å². The number of amides is 1. The van der Waals surface area contributed by atoms with Crippen molar-refractivity contribution in [3.05, 3.63) is 58.6 Å². The van der Waals surface area contributed by atoms with E-state index in [9.17, 15) is 9.59 Å². The van der Waals surface area contributed by atoms with E-state index in [4.69, 9.17) is 27.9 Å². The lowest BCUT2D eigenvalue weighted by Crippen LogP contribution is -2.24. The van der Waals surface area contributed by atoms with E-state index in [1.54, 1.807) is 19.1 Å². The number of anilines is 1. The van der Waals surface area contributed by atoms with Crippen LogP contribution in [0.4, 0.5) is 5.69 Å². The van der Waals surface area contributed by atoms with Crippen molar-refractivity contribution in [2.45, 2.75) is 17.1 Å². The third-order valence-electron chi connectivity index (χ3n) is 2.94. The Balaban J connectivity index is 1.82. The predicted octanol–water partition coefficient (Wildman–Crippen LogP) is 4.66. The number of hydrogen-bond acceptors (Lipinski definition) is 4. The zero-order valence-electron chi connectivity index (χ0n) is 12.8. The van der Waals surface area contributed by atoms with Gasteiger partial charge < -0.3 is 10.1 Å². The fourth-order valence-electron chi connectivity index (χ4n) is 1.78. The number of esters is 1. The van der Waals surface area contributed by atoms with E-state index in [-0.39, 0.29) is 6.61 Å². The maximum atomic E-state index is 12.0. The number of ether oxygens (including phenoxy) is 1. The van der Waals surface area contributed by atoms with Crippen LogP contribution in [-0.4, -0.2) is 23.7 Å². The van der Waals surface area contributed by atoms with Gasteiger partial charge in [0.25, 0.3) is 5.91 Å². The number of hydrogen-bond donors (Lipinski definition) is 1. The summed E-state index contributed by atoms with van der Waals surface area (Å²) in [6.07, 6.45) is 0. The first-order chi connectivity index (χ1) is 11.5. The van der Waals surface area contributed by atoms with Crippen LogP contribution in [0.3, 0.4) is 0 Å². The Kier molecular flexibility index (Phi) is 6.97. The minimum atomic E-state index is -0.482. The highest BCUT2D eigenvalue weighted by molar-refractivity contribution is 8.00. The number of carbonyl (C=O) groups excluding carboxylic acids is 2. The number of nitrogens with one attached hydrogen (secondary N) is 1. The Hall–Kier alpha value is -1.69. The summed E-state index contributed by atoms with van der Waals surface area (Å²) in [5, 5.41) is 2.93. The highest BCUT2D eigenvalue weighted by atomic mass is 35.5. The largest absolute Gasteiger partial charge is 0.455 e. The summed E-state index contributed by atoms with van der Waals surface area (Å²) in [5.74, 6) is -0.944. The monoisotopic (exact) mass is 383 g/mol. The number of carbonyl (C=O) groups is 2. The molecule has 4 nitrogen and oxygen atoms in total. The van der Waals surface area contributed by atoms with E-state index in [0.29, 0.717) is 15.7 Å². The van der Waals surface area contributed by atoms with Crippen LogP contribution in [0, 0.1) is 0 Å². The smallest absolute Gasteiger partial charge is 0.319 e. The maximum absolute atomic E-state index is 12.0. The van der Waals surface area contributed by atoms with E-state index in [1.165, 1.54) is 17.8 Å². The van der Waals surface area contributed by atoms with Gasteiger partial charge in [-0.25, -0.2) is 0 Å². The Morgan fingerprint density at radius 1 is 1.17 bits per heavy atom. The van der Waals surface area contributed by atoms with E-state index >= 15 is 0 Å². The van der Waals surface area contributed by atoms with Gasteiger partial charge in [-0.2, -0.15) is 0 Å². The predicted molar refractivity (Wildman–Crippen MR) is 97.8 cm³/mol. The van der Waals surface area contributed by atoms with Crippen molar-refractivity contribution in [1.82, 2.24) is 0 Å². The van der Waals surface area contributed by atoms with Gasteiger partial charge in [0.1, 0.15) is 5.25 Å².